The standard InChI is InChI=1S/C10H15N5S/c1-10(2,7-11)15-5-3-14(4-6-15)9-13-12-8-16-9/h8H,3-6H2,1-2H3. The highest BCUT2D eigenvalue weighted by atomic mass is 32.1. The zero-order chi connectivity index (χ0) is 11.6. The van der Waals surface area contributed by atoms with Crippen LogP contribution in [0.25, 0.3) is 0 Å². The fraction of sp³-hybridized carbons (Fsp3) is 0.700. The molecule has 0 saturated carbocycles. The summed E-state index contributed by atoms with van der Waals surface area (Å²) in [5.74, 6) is 0. The van der Waals surface area contributed by atoms with Crippen molar-refractivity contribution in [1.29, 1.82) is 5.26 Å². The lowest BCUT2D eigenvalue weighted by molar-refractivity contribution is 0.158. The molecular weight excluding hydrogens is 222 g/mol. The predicted octanol–water partition coefficient (Wildman–Crippen LogP) is 0.962. The van der Waals surface area contributed by atoms with Gasteiger partial charge in [-0.15, -0.1) is 10.2 Å². The van der Waals surface area contributed by atoms with Crippen LogP contribution in [0.1, 0.15) is 13.8 Å². The van der Waals surface area contributed by atoms with Crippen LogP contribution in [0.4, 0.5) is 5.13 Å². The minimum absolute atomic E-state index is 0.368. The van der Waals surface area contributed by atoms with Gasteiger partial charge in [0.2, 0.25) is 5.13 Å². The van der Waals surface area contributed by atoms with E-state index in [0.717, 1.165) is 31.3 Å². The summed E-state index contributed by atoms with van der Waals surface area (Å²) >= 11 is 1.56. The van der Waals surface area contributed by atoms with E-state index in [0.29, 0.717) is 0 Å². The van der Waals surface area contributed by atoms with Crippen molar-refractivity contribution < 1.29 is 0 Å². The van der Waals surface area contributed by atoms with E-state index in [1.807, 2.05) is 13.8 Å². The summed E-state index contributed by atoms with van der Waals surface area (Å²) < 4.78 is 0. The molecule has 86 valence electrons. The van der Waals surface area contributed by atoms with Crippen LogP contribution >= 0.6 is 11.3 Å². The summed E-state index contributed by atoms with van der Waals surface area (Å²) in [6, 6.07) is 2.34. The molecule has 0 unspecified atom stereocenters. The third-order valence-corrected chi connectivity index (χ3v) is 3.71. The molecule has 5 nitrogen and oxygen atoms in total. The highest BCUT2D eigenvalue weighted by Crippen LogP contribution is 2.21. The van der Waals surface area contributed by atoms with Gasteiger partial charge in [0.15, 0.2) is 0 Å². The first-order chi connectivity index (χ1) is 7.63. The van der Waals surface area contributed by atoms with Gasteiger partial charge in [-0.3, -0.25) is 4.90 Å². The van der Waals surface area contributed by atoms with E-state index < -0.39 is 0 Å². The fourth-order valence-electron chi connectivity index (χ4n) is 1.83. The Labute approximate surface area is 99.3 Å². The number of hydrogen-bond acceptors (Lipinski definition) is 6. The largest absolute Gasteiger partial charge is 0.344 e. The van der Waals surface area contributed by atoms with Gasteiger partial charge in [-0.1, -0.05) is 11.3 Å². The van der Waals surface area contributed by atoms with E-state index in [1.165, 1.54) is 0 Å². The summed E-state index contributed by atoms with van der Waals surface area (Å²) in [6.45, 7) is 7.57. The van der Waals surface area contributed by atoms with Gasteiger partial charge in [-0.05, 0) is 13.8 Å². The molecule has 6 heteroatoms. The van der Waals surface area contributed by atoms with E-state index >= 15 is 0 Å². The molecule has 1 fully saturated rings. The van der Waals surface area contributed by atoms with Crippen LogP contribution < -0.4 is 4.90 Å². The highest BCUT2D eigenvalue weighted by Gasteiger charge is 2.30. The molecule has 16 heavy (non-hydrogen) atoms. The molecule has 0 aromatic carbocycles. The normalized spacial score (nSPS) is 18.4. The first-order valence-corrected chi connectivity index (χ1v) is 6.19. The summed E-state index contributed by atoms with van der Waals surface area (Å²) in [5, 5.41) is 18.0. The van der Waals surface area contributed by atoms with E-state index in [1.54, 1.807) is 16.8 Å². The molecule has 0 spiro atoms. The summed E-state index contributed by atoms with van der Waals surface area (Å²) in [5.41, 5.74) is 1.38. The lowest BCUT2D eigenvalue weighted by Crippen LogP contribution is -2.54. The molecule has 1 aliphatic heterocycles. The fourth-order valence-corrected chi connectivity index (χ4v) is 2.45. The maximum absolute atomic E-state index is 9.07. The Morgan fingerprint density at radius 3 is 2.56 bits per heavy atom. The highest BCUT2D eigenvalue weighted by molar-refractivity contribution is 7.13. The Hall–Kier alpha value is -1.19. The average molecular weight is 237 g/mol. The monoisotopic (exact) mass is 237 g/mol. The maximum atomic E-state index is 9.07. The molecular formula is C10H15N5S. The van der Waals surface area contributed by atoms with E-state index in [-0.39, 0.29) is 5.54 Å². The van der Waals surface area contributed by atoms with Gasteiger partial charge in [0.25, 0.3) is 0 Å². The first-order valence-electron chi connectivity index (χ1n) is 5.31. The molecule has 0 atom stereocenters. The van der Waals surface area contributed by atoms with Crippen molar-refractivity contribution >= 4 is 16.5 Å². The second kappa shape index (κ2) is 4.36. The quantitative estimate of drug-likeness (QED) is 0.767. The van der Waals surface area contributed by atoms with E-state index in [2.05, 4.69) is 26.1 Å². The third-order valence-electron chi connectivity index (χ3n) is 2.96. The van der Waals surface area contributed by atoms with Gasteiger partial charge in [0, 0.05) is 26.2 Å². The van der Waals surface area contributed by atoms with Crippen LogP contribution in [0, 0.1) is 11.3 Å². The Morgan fingerprint density at radius 2 is 2.06 bits per heavy atom. The van der Waals surface area contributed by atoms with Crippen molar-refractivity contribution in [3.8, 4) is 6.07 Å². The number of anilines is 1. The van der Waals surface area contributed by atoms with Crippen molar-refractivity contribution in [1.82, 2.24) is 15.1 Å². The van der Waals surface area contributed by atoms with E-state index in [9.17, 15) is 0 Å². The molecule has 0 N–H and O–H groups in total. The van der Waals surface area contributed by atoms with Crippen LogP contribution in [0.15, 0.2) is 5.51 Å². The lowest BCUT2D eigenvalue weighted by atomic mass is 10.0. The van der Waals surface area contributed by atoms with Crippen LogP contribution in [0.5, 0.6) is 0 Å². The molecule has 1 saturated heterocycles. The SMILES string of the molecule is CC(C)(C#N)N1CCN(c2nncs2)CC1. The van der Waals surface area contributed by atoms with Crippen molar-refractivity contribution in [2.24, 2.45) is 0 Å². The molecule has 0 radical (unpaired) electrons. The number of hydrogen-bond donors (Lipinski definition) is 0. The second-order valence-corrected chi connectivity index (χ2v) is 5.18. The topological polar surface area (TPSA) is 56.1 Å². The van der Waals surface area contributed by atoms with Crippen LogP contribution in [-0.4, -0.2) is 46.8 Å². The number of rotatable bonds is 2. The van der Waals surface area contributed by atoms with Gasteiger partial charge in [0.05, 0.1) is 6.07 Å². The Kier molecular flexibility index (Phi) is 3.08. The van der Waals surface area contributed by atoms with Gasteiger partial charge in [0.1, 0.15) is 11.0 Å². The van der Waals surface area contributed by atoms with Gasteiger partial charge in [-0.2, -0.15) is 5.26 Å². The summed E-state index contributed by atoms with van der Waals surface area (Å²) in [6.07, 6.45) is 0. The molecule has 0 amide bonds. The summed E-state index contributed by atoms with van der Waals surface area (Å²) in [4.78, 5) is 4.44. The lowest BCUT2D eigenvalue weighted by Gasteiger charge is -2.40. The van der Waals surface area contributed by atoms with Crippen molar-refractivity contribution in [2.75, 3.05) is 31.1 Å². The number of nitriles is 1. The van der Waals surface area contributed by atoms with Gasteiger partial charge in [-0.25, -0.2) is 0 Å². The van der Waals surface area contributed by atoms with Crippen LogP contribution in [0.2, 0.25) is 0 Å². The molecule has 1 aromatic rings. The Balaban J connectivity index is 1.96. The van der Waals surface area contributed by atoms with Crippen molar-refractivity contribution in [3.05, 3.63) is 5.51 Å². The minimum Gasteiger partial charge on any atom is -0.344 e. The Bertz CT molecular complexity index is 372. The van der Waals surface area contributed by atoms with Crippen LogP contribution in [0.3, 0.4) is 0 Å². The Morgan fingerprint density at radius 1 is 1.38 bits per heavy atom. The molecule has 1 aliphatic rings. The zero-order valence-electron chi connectivity index (χ0n) is 9.55. The molecule has 0 aliphatic carbocycles. The molecule has 0 bridgehead atoms. The van der Waals surface area contributed by atoms with Crippen molar-refractivity contribution in [2.45, 2.75) is 19.4 Å². The average Bonchev–Trinajstić information content (AvgIpc) is 2.83. The molecule has 1 aromatic heterocycles. The smallest absolute Gasteiger partial charge is 0.208 e. The number of aromatic nitrogens is 2. The molecule has 2 heterocycles. The predicted molar refractivity (Wildman–Crippen MR) is 63.4 cm³/mol. The zero-order valence-corrected chi connectivity index (χ0v) is 10.4. The first kappa shape index (κ1) is 11.3. The number of piperazine rings is 1. The number of nitrogens with zero attached hydrogens (tertiary/aromatic N) is 5. The second-order valence-electron chi connectivity index (χ2n) is 4.37. The maximum Gasteiger partial charge on any atom is 0.208 e. The summed E-state index contributed by atoms with van der Waals surface area (Å²) in [7, 11) is 0. The third kappa shape index (κ3) is 2.15. The minimum atomic E-state index is -0.368. The van der Waals surface area contributed by atoms with Gasteiger partial charge >= 0.3 is 0 Å². The van der Waals surface area contributed by atoms with Gasteiger partial charge < -0.3 is 4.90 Å². The van der Waals surface area contributed by atoms with Crippen molar-refractivity contribution in [3.63, 3.8) is 0 Å². The van der Waals surface area contributed by atoms with E-state index in [4.69, 9.17) is 5.26 Å². The van der Waals surface area contributed by atoms with Crippen LogP contribution in [-0.2, 0) is 0 Å². The molecule has 2 rings (SSSR count).